The van der Waals surface area contributed by atoms with E-state index in [-0.39, 0.29) is 17.1 Å². The Balaban J connectivity index is 1.69. The second-order valence-corrected chi connectivity index (χ2v) is 8.62. The number of benzene rings is 1. The Morgan fingerprint density at radius 2 is 2.00 bits per heavy atom. The maximum Gasteiger partial charge on any atom is 0.230 e. The number of nitrogens with zero attached hydrogens (tertiary/aromatic N) is 3. The summed E-state index contributed by atoms with van der Waals surface area (Å²) in [6.45, 7) is 11.3. The average Bonchev–Trinajstić information content (AvgIpc) is 3.34. The van der Waals surface area contributed by atoms with Crippen LogP contribution in [0.1, 0.15) is 32.1 Å². The lowest BCUT2D eigenvalue weighted by molar-refractivity contribution is -0.118. The molecule has 0 fully saturated rings. The van der Waals surface area contributed by atoms with Gasteiger partial charge in [-0.2, -0.15) is 0 Å². The molecular weight excluding hydrogens is 384 g/mol. The predicted molar refractivity (Wildman–Crippen MR) is 116 cm³/mol. The molecule has 0 bridgehead atoms. The average molecular weight is 411 g/mol. The van der Waals surface area contributed by atoms with Gasteiger partial charge in [0.25, 0.3) is 0 Å². The van der Waals surface area contributed by atoms with Crippen molar-refractivity contribution in [2.24, 2.45) is 0 Å². The van der Waals surface area contributed by atoms with Crippen molar-refractivity contribution in [3.05, 3.63) is 66.6 Å². The van der Waals surface area contributed by atoms with Gasteiger partial charge >= 0.3 is 0 Å². The summed E-state index contributed by atoms with van der Waals surface area (Å²) in [5.41, 5.74) is 2.34. The molecule has 1 N–H and O–H groups in total. The molecule has 0 aliphatic heterocycles. The van der Waals surface area contributed by atoms with Crippen LogP contribution in [0.2, 0.25) is 0 Å². The van der Waals surface area contributed by atoms with Crippen LogP contribution in [0, 0.1) is 0 Å². The van der Waals surface area contributed by atoms with Crippen molar-refractivity contribution >= 4 is 17.7 Å². The minimum absolute atomic E-state index is 0.0874. The maximum absolute atomic E-state index is 12.1. The fraction of sp³-hybridized carbons (Fsp3) is 0.318. The topological polar surface area (TPSA) is 73.0 Å². The number of amides is 1. The number of nitrogens with one attached hydrogen (secondary N) is 1. The van der Waals surface area contributed by atoms with Crippen molar-refractivity contribution in [3.63, 3.8) is 0 Å². The summed E-state index contributed by atoms with van der Waals surface area (Å²) >= 11 is 1.35. The van der Waals surface area contributed by atoms with E-state index in [1.165, 1.54) is 17.3 Å². The number of rotatable bonds is 8. The summed E-state index contributed by atoms with van der Waals surface area (Å²) in [5.74, 6) is 1.65. The normalized spacial score (nSPS) is 11.4. The van der Waals surface area contributed by atoms with Gasteiger partial charge in [-0.15, -0.1) is 16.8 Å². The van der Waals surface area contributed by atoms with Crippen molar-refractivity contribution in [1.29, 1.82) is 0 Å². The van der Waals surface area contributed by atoms with E-state index in [0.717, 1.165) is 17.1 Å². The van der Waals surface area contributed by atoms with Gasteiger partial charge in [0.2, 0.25) is 5.91 Å². The van der Waals surface area contributed by atoms with Crippen LogP contribution < -0.4 is 5.32 Å². The van der Waals surface area contributed by atoms with Gasteiger partial charge in [-0.3, -0.25) is 9.36 Å². The Hall–Kier alpha value is -2.80. The number of hydrogen-bond donors (Lipinski definition) is 1. The highest BCUT2D eigenvalue weighted by Crippen LogP contribution is 2.27. The first kappa shape index (κ1) is 20.9. The molecule has 0 atom stereocenters. The first-order valence-corrected chi connectivity index (χ1v) is 10.4. The van der Waals surface area contributed by atoms with E-state index in [2.05, 4.69) is 67.1 Å². The molecule has 0 aliphatic carbocycles. The summed E-state index contributed by atoms with van der Waals surface area (Å²) in [6.07, 6.45) is 3.39. The lowest BCUT2D eigenvalue weighted by Gasteiger charge is -2.19. The first-order chi connectivity index (χ1) is 13.9. The second kappa shape index (κ2) is 9.13. The van der Waals surface area contributed by atoms with E-state index < -0.39 is 0 Å². The van der Waals surface area contributed by atoms with E-state index in [4.69, 9.17) is 4.42 Å². The third-order valence-corrected chi connectivity index (χ3v) is 5.38. The summed E-state index contributed by atoms with van der Waals surface area (Å²) in [5, 5.41) is 12.2. The fourth-order valence-corrected chi connectivity index (χ4v) is 3.58. The minimum Gasteiger partial charge on any atom is -0.467 e. The van der Waals surface area contributed by atoms with Crippen LogP contribution in [0.25, 0.3) is 11.4 Å². The van der Waals surface area contributed by atoms with Gasteiger partial charge in [0.15, 0.2) is 11.0 Å². The number of allylic oxidation sites excluding steroid dienone is 1. The highest BCUT2D eigenvalue weighted by atomic mass is 32.2. The number of carbonyl (C=O) groups excluding carboxylic acids is 1. The monoisotopic (exact) mass is 410 g/mol. The van der Waals surface area contributed by atoms with Crippen molar-refractivity contribution < 1.29 is 9.21 Å². The molecule has 29 heavy (non-hydrogen) atoms. The third-order valence-electron chi connectivity index (χ3n) is 4.41. The molecule has 7 heteroatoms. The summed E-state index contributed by atoms with van der Waals surface area (Å²) in [4.78, 5) is 12.1. The van der Waals surface area contributed by atoms with Crippen molar-refractivity contribution in [2.75, 3.05) is 5.75 Å². The molecule has 3 rings (SSSR count). The fourth-order valence-electron chi connectivity index (χ4n) is 2.80. The van der Waals surface area contributed by atoms with Gasteiger partial charge in [-0.25, -0.2) is 0 Å². The summed E-state index contributed by atoms with van der Waals surface area (Å²) in [6, 6.07) is 12.0. The van der Waals surface area contributed by atoms with Crippen LogP contribution in [-0.2, 0) is 23.3 Å². The van der Waals surface area contributed by atoms with Gasteiger partial charge in [0.1, 0.15) is 5.76 Å². The Morgan fingerprint density at radius 3 is 2.62 bits per heavy atom. The SMILES string of the molecule is C=CCn1c(SCC(=O)NCc2ccco2)nnc1-c1ccc(C(C)(C)C)cc1. The second-order valence-electron chi connectivity index (χ2n) is 7.68. The van der Waals surface area contributed by atoms with E-state index in [1.807, 2.05) is 10.6 Å². The van der Waals surface area contributed by atoms with Gasteiger partial charge in [-0.1, -0.05) is 62.9 Å². The Morgan fingerprint density at radius 1 is 1.24 bits per heavy atom. The number of thioether (sulfide) groups is 1. The first-order valence-electron chi connectivity index (χ1n) is 9.45. The maximum atomic E-state index is 12.1. The number of aromatic nitrogens is 3. The largest absolute Gasteiger partial charge is 0.467 e. The highest BCUT2D eigenvalue weighted by Gasteiger charge is 2.17. The van der Waals surface area contributed by atoms with Gasteiger partial charge in [0.05, 0.1) is 18.6 Å². The minimum atomic E-state index is -0.0874. The van der Waals surface area contributed by atoms with Crippen LogP contribution in [0.3, 0.4) is 0 Å². The number of hydrogen-bond acceptors (Lipinski definition) is 5. The lowest BCUT2D eigenvalue weighted by atomic mass is 9.87. The van der Waals surface area contributed by atoms with Crippen LogP contribution in [0.15, 0.2) is 64.9 Å². The van der Waals surface area contributed by atoms with Crippen LogP contribution >= 0.6 is 11.8 Å². The number of furan rings is 1. The highest BCUT2D eigenvalue weighted by molar-refractivity contribution is 7.99. The molecule has 0 spiro atoms. The molecule has 0 saturated heterocycles. The van der Waals surface area contributed by atoms with Gasteiger partial charge in [0, 0.05) is 12.1 Å². The van der Waals surface area contributed by atoms with Crippen molar-refractivity contribution in [3.8, 4) is 11.4 Å². The molecular formula is C22H26N4O2S. The summed E-state index contributed by atoms with van der Waals surface area (Å²) < 4.78 is 7.20. The third kappa shape index (κ3) is 5.38. The van der Waals surface area contributed by atoms with Crippen LogP contribution in [0.5, 0.6) is 0 Å². The number of carbonyl (C=O) groups is 1. The molecule has 152 valence electrons. The van der Waals surface area contributed by atoms with Gasteiger partial charge < -0.3 is 9.73 Å². The van der Waals surface area contributed by atoms with Crippen LogP contribution in [0.4, 0.5) is 0 Å². The standard InChI is InChI=1S/C22H26N4O2S/c1-5-12-26-20(16-8-10-17(11-9-16)22(2,3)4)24-25-21(26)29-15-19(27)23-14-18-7-6-13-28-18/h5-11,13H,1,12,14-15H2,2-4H3,(H,23,27). The molecule has 1 aromatic carbocycles. The molecule has 2 aromatic heterocycles. The molecule has 3 aromatic rings. The Labute approximate surface area is 175 Å². The quantitative estimate of drug-likeness (QED) is 0.439. The molecule has 0 aliphatic rings. The predicted octanol–water partition coefficient (Wildman–Crippen LogP) is 4.43. The zero-order valence-electron chi connectivity index (χ0n) is 17.0. The van der Waals surface area contributed by atoms with E-state index >= 15 is 0 Å². The lowest BCUT2D eigenvalue weighted by Crippen LogP contribution is -2.24. The Kier molecular flexibility index (Phi) is 6.59. The van der Waals surface area contributed by atoms with E-state index in [1.54, 1.807) is 18.4 Å². The van der Waals surface area contributed by atoms with Crippen molar-refractivity contribution in [2.45, 2.75) is 44.4 Å². The molecule has 0 unspecified atom stereocenters. The van der Waals surface area contributed by atoms with E-state index in [9.17, 15) is 4.79 Å². The van der Waals surface area contributed by atoms with Crippen LogP contribution in [-0.4, -0.2) is 26.4 Å². The Bertz CT molecular complexity index is 954. The molecule has 2 heterocycles. The molecule has 0 radical (unpaired) electrons. The zero-order chi connectivity index (χ0) is 20.9. The summed E-state index contributed by atoms with van der Waals surface area (Å²) in [7, 11) is 0. The zero-order valence-corrected chi connectivity index (χ0v) is 17.8. The van der Waals surface area contributed by atoms with E-state index in [0.29, 0.717) is 18.2 Å². The molecule has 6 nitrogen and oxygen atoms in total. The smallest absolute Gasteiger partial charge is 0.230 e. The molecule has 1 amide bonds. The molecule has 0 saturated carbocycles. The van der Waals surface area contributed by atoms with Crippen molar-refractivity contribution in [1.82, 2.24) is 20.1 Å². The van der Waals surface area contributed by atoms with Gasteiger partial charge in [-0.05, 0) is 23.1 Å².